The van der Waals surface area contributed by atoms with Crippen molar-refractivity contribution >= 4 is 11.9 Å². The van der Waals surface area contributed by atoms with E-state index in [-0.39, 0.29) is 11.8 Å². The van der Waals surface area contributed by atoms with Crippen LogP contribution in [0.3, 0.4) is 0 Å². The Kier molecular flexibility index (Phi) is 3.68. The molecule has 1 rings (SSSR count). The van der Waals surface area contributed by atoms with Gasteiger partial charge in [0.2, 0.25) is 5.91 Å². The van der Waals surface area contributed by atoms with Crippen molar-refractivity contribution in [2.45, 2.75) is 26.3 Å². The predicted octanol–water partition coefficient (Wildman–Crippen LogP) is -0.0972. The van der Waals surface area contributed by atoms with Crippen molar-refractivity contribution < 1.29 is 14.7 Å². The minimum atomic E-state index is -0.837. The lowest BCUT2D eigenvalue weighted by Gasteiger charge is -2.39. The number of carboxylic acid groups (broad SMARTS) is 1. The van der Waals surface area contributed by atoms with E-state index in [0.29, 0.717) is 13.1 Å². The quantitative estimate of drug-likeness (QED) is 0.684. The van der Waals surface area contributed by atoms with E-state index in [2.05, 4.69) is 0 Å². The molecule has 1 heterocycles. The van der Waals surface area contributed by atoms with E-state index in [1.165, 1.54) is 4.90 Å². The standard InChI is InChI=1S/C10H18N2O3/c1-3-6(2)8(11)9(13)12-4-7(5-12)10(14)15/h6-8H,3-5,11H2,1-2H3,(H,14,15). The fraction of sp³-hybridized carbons (Fsp3) is 0.800. The van der Waals surface area contributed by atoms with Crippen LogP contribution in [0.1, 0.15) is 20.3 Å². The Morgan fingerprint density at radius 1 is 1.53 bits per heavy atom. The largest absolute Gasteiger partial charge is 0.481 e. The summed E-state index contributed by atoms with van der Waals surface area (Å²) < 4.78 is 0. The van der Waals surface area contributed by atoms with E-state index < -0.39 is 17.9 Å². The van der Waals surface area contributed by atoms with Gasteiger partial charge < -0.3 is 15.7 Å². The highest BCUT2D eigenvalue weighted by molar-refractivity contribution is 5.85. The number of rotatable bonds is 4. The molecule has 0 aromatic heterocycles. The second-order valence-electron chi connectivity index (χ2n) is 4.19. The minimum Gasteiger partial charge on any atom is -0.481 e. The SMILES string of the molecule is CCC(C)C(N)C(=O)N1CC(C(=O)O)C1. The van der Waals surface area contributed by atoms with E-state index in [9.17, 15) is 9.59 Å². The summed E-state index contributed by atoms with van der Waals surface area (Å²) >= 11 is 0. The van der Waals surface area contributed by atoms with Crippen molar-refractivity contribution in [2.75, 3.05) is 13.1 Å². The van der Waals surface area contributed by atoms with Crippen LogP contribution in [0.5, 0.6) is 0 Å². The van der Waals surface area contributed by atoms with Crippen LogP contribution in [0.15, 0.2) is 0 Å². The maximum Gasteiger partial charge on any atom is 0.310 e. The van der Waals surface area contributed by atoms with Gasteiger partial charge in [-0.25, -0.2) is 0 Å². The lowest BCUT2D eigenvalue weighted by atomic mass is 9.94. The Hall–Kier alpha value is -1.10. The molecule has 1 saturated heterocycles. The Bertz CT molecular complexity index is 261. The maximum absolute atomic E-state index is 11.7. The highest BCUT2D eigenvalue weighted by atomic mass is 16.4. The van der Waals surface area contributed by atoms with Crippen LogP contribution in [-0.2, 0) is 9.59 Å². The third-order valence-corrected chi connectivity index (χ3v) is 3.08. The summed E-state index contributed by atoms with van der Waals surface area (Å²) in [6.45, 7) is 4.52. The van der Waals surface area contributed by atoms with Crippen molar-refractivity contribution in [3.8, 4) is 0 Å². The number of hydrogen-bond donors (Lipinski definition) is 2. The number of hydrogen-bond acceptors (Lipinski definition) is 3. The number of carbonyl (C=O) groups is 2. The first-order chi connectivity index (χ1) is 6.97. The zero-order valence-electron chi connectivity index (χ0n) is 9.14. The van der Waals surface area contributed by atoms with Crippen LogP contribution in [0, 0.1) is 11.8 Å². The molecule has 5 heteroatoms. The molecule has 0 spiro atoms. The number of likely N-dealkylation sites (tertiary alicyclic amines) is 1. The Morgan fingerprint density at radius 2 is 2.07 bits per heavy atom. The summed E-state index contributed by atoms with van der Waals surface area (Å²) in [6, 6.07) is -0.496. The molecule has 86 valence electrons. The topological polar surface area (TPSA) is 83.6 Å². The van der Waals surface area contributed by atoms with Gasteiger partial charge >= 0.3 is 5.97 Å². The van der Waals surface area contributed by atoms with Gasteiger partial charge in [0.05, 0.1) is 12.0 Å². The summed E-state index contributed by atoms with van der Waals surface area (Å²) in [6.07, 6.45) is 0.850. The minimum absolute atomic E-state index is 0.123. The molecule has 2 unspecified atom stereocenters. The highest BCUT2D eigenvalue weighted by Gasteiger charge is 2.38. The van der Waals surface area contributed by atoms with E-state index >= 15 is 0 Å². The Balaban J connectivity index is 2.41. The van der Waals surface area contributed by atoms with Crippen molar-refractivity contribution in [2.24, 2.45) is 17.6 Å². The van der Waals surface area contributed by atoms with Gasteiger partial charge in [-0.05, 0) is 5.92 Å². The normalized spacial score (nSPS) is 20.6. The maximum atomic E-state index is 11.7. The van der Waals surface area contributed by atoms with Crippen molar-refractivity contribution in [3.05, 3.63) is 0 Å². The highest BCUT2D eigenvalue weighted by Crippen LogP contribution is 2.18. The van der Waals surface area contributed by atoms with Gasteiger partial charge in [-0.3, -0.25) is 9.59 Å². The molecule has 1 aliphatic rings. The van der Waals surface area contributed by atoms with E-state index in [1.54, 1.807) is 0 Å². The van der Waals surface area contributed by atoms with Gasteiger partial charge in [0.15, 0.2) is 0 Å². The molecule has 0 aliphatic carbocycles. The van der Waals surface area contributed by atoms with E-state index in [1.807, 2.05) is 13.8 Å². The van der Waals surface area contributed by atoms with Crippen molar-refractivity contribution in [1.29, 1.82) is 0 Å². The van der Waals surface area contributed by atoms with Crippen molar-refractivity contribution in [3.63, 3.8) is 0 Å². The molecule has 5 nitrogen and oxygen atoms in total. The zero-order valence-corrected chi connectivity index (χ0v) is 9.14. The molecule has 15 heavy (non-hydrogen) atoms. The summed E-state index contributed by atoms with van der Waals surface area (Å²) in [5.74, 6) is -1.22. The first-order valence-electron chi connectivity index (χ1n) is 5.24. The second kappa shape index (κ2) is 4.61. The molecule has 0 saturated carbocycles. The lowest BCUT2D eigenvalue weighted by Crippen LogP contribution is -2.58. The zero-order chi connectivity index (χ0) is 11.6. The van der Waals surface area contributed by atoms with Crippen LogP contribution >= 0.6 is 0 Å². The van der Waals surface area contributed by atoms with Gasteiger partial charge in [0.25, 0.3) is 0 Å². The summed E-state index contributed by atoms with van der Waals surface area (Å²) in [7, 11) is 0. The smallest absolute Gasteiger partial charge is 0.310 e. The molecule has 0 aromatic rings. The molecule has 0 bridgehead atoms. The van der Waals surface area contributed by atoms with Crippen LogP contribution in [0.4, 0.5) is 0 Å². The van der Waals surface area contributed by atoms with Gasteiger partial charge in [-0.1, -0.05) is 20.3 Å². The number of nitrogens with two attached hydrogens (primary N) is 1. The molecule has 0 aromatic carbocycles. The summed E-state index contributed by atoms with van der Waals surface area (Å²) in [5, 5.41) is 8.66. The number of amides is 1. The molecule has 2 atom stereocenters. The first kappa shape index (κ1) is 12.0. The van der Waals surface area contributed by atoms with E-state index in [0.717, 1.165) is 6.42 Å². The fourth-order valence-corrected chi connectivity index (χ4v) is 1.52. The van der Waals surface area contributed by atoms with Crippen LogP contribution in [0.25, 0.3) is 0 Å². The average Bonchev–Trinajstić information content (AvgIpc) is 2.12. The van der Waals surface area contributed by atoms with Gasteiger partial charge in [0.1, 0.15) is 0 Å². The number of nitrogens with zero attached hydrogens (tertiary/aromatic N) is 1. The summed E-state index contributed by atoms with van der Waals surface area (Å²) in [4.78, 5) is 23.8. The first-order valence-corrected chi connectivity index (χ1v) is 5.24. The third kappa shape index (κ3) is 2.47. The predicted molar refractivity (Wildman–Crippen MR) is 55.1 cm³/mol. The van der Waals surface area contributed by atoms with Crippen molar-refractivity contribution in [1.82, 2.24) is 4.90 Å². The van der Waals surface area contributed by atoms with Gasteiger partial charge in [0, 0.05) is 13.1 Å². The lowest BCUT2D eigenvalue weighted by molar-refractivity contribution is -0.153. The van der Waals surface area contributed by atoms with Gasteiger partial charge in [-0.15, -0.1) is 0 Å². The Labute approximate surface area is 89.2 Å². The molecule has 0 radical (unpaired) electrons. The van der Waals surface area contributed by atoms with Gasteiger partial charge in [-0.2, -0.15) is 0 Å². The van der Waals surface area contributed by atoms with Crippen LogP contribution in [0.2, 0.25) is 0 Å². The molecule has 3 N–H and O–H groups in total. The fourth-order valence-electron chi connectivity index (χ4n) is 1.52. The van der Waals surface area contributed by atoms with E-state index in [4.69, 9.17) is 10.8 Å². The average molecular weight is 214 g/mol. The van der Waals surface area contributed by atoms with Crippen LogP contribution in [-0.4, -0.2) is 41.0 Å². The monoisotopic (exact) mass is 214 g/mol. The molecular weight excluding hydrogens is 196 g/mol. The summed E-state index contributed by atoms with van der Waals surface area (Å²) in [5.41, 5.74) is 5.76. The molecule has 1 amide bonds. The molecule has 1 aliphatic heterocycles. The second-order valence-corrected chi connectivity index (χ2v) is 4.19. The number of carboxylic acids is 1. The van der Waals surface area contributed by atoms with Crippen LogP contribution < -0.4 is 5.73 Å². The Morgan fingerprint density at radius 3 is 2.47 bits per heavy atom. The molecular formula is C10H18N2O3. The molecule has 1 fully saturated rings. The number of carbonyl (C=O) groups excluding carboxylic acids is 1. The number of aliphatic carboxylic acids is 1. The third-order valence-electron chi connectivity index (χ3n) is 3.08.